The van der Waals surface area contributed by atoms with Gasteiger partial charge >= 0.3 is 0 Å². The molecule has 1 aromatic carbocycles. The van der Waals surface area contributed by atoms with Crippen molar-refractivity contribution < 1.29 is 4.39 Å². The average Bonchev–Trinajstić information content (AvgIpc) is 2.36. The summed E-state index contributed by atoms with van der Waals surface area (Å²) >= 11 is 6.25. The topological polar surface area (TPSA) is 24.9 Å². The van der Waals surface area contributed by atoms with Crippen LogP contribution in [0.25, 0.3) is 11.1 Å². The molecule has 1 N–H and O–H groups in total. The van der Waals surface area contributed by atoms with Crippen LogP contribution in [0.2, 0.25) is 5.02 Å². The molecule has 0 aliphatic rings. The van der Waals surface area contributed by atoms with Gasteiger partial charge in [0.2, 0.25) is 0 Å². The number of nitrogens with one attached hydrogen (secondary N) is 1. The van der Waals surface area contributed by atoms with Crippen molar-refractivity contribution in [1.82, 2.24) is 10.3 Å². The Morgan fingerprint density at radius 2 is 2.05 bits per heavy atom. The third-order valence-corrected chi connectivity index (χ3v) is 3.08. The van der Waals surface area contributed by atoms with Gasteiger partial charge in [-0.2, -0.15) is 0 Å². The fraction of sp³-hybridized carbons (Fsp3) is 0.267. The largest absolute Gasteiger partial charge is 0.310 e. The van der Waals surface area contributed by atoms with Crippen LogP contribution in [-0.4, -0.2) is 11.0 Å². The van der Waals surface area contributed by atoms with Gasteiger partial charge in [0.15, 0.2) is 0 Å². The van der Waals surface area contributed by atoms with Crippen LogP contribution in [0.1, 0.15) is 19.4 Å². The number of rotatable bonds is 4. The Morgan fingerprint density at radius 3 is 2.68 bits per heavy atom. The van der Waals surface area contributed by atoms with E-state index in [1.54, 1.807) is 6.20 Å². The second kappa shape index (κ2) is 6.13. The molecule has 19 heavy (non-hydrogen) atoms. The summed E-state index contributed by atoms with van der Waals surface area (Å²) in [4.78, 5) is 3.84. The quantitative estimate of drug-likeness (QED) is 0.913. The molecule has 1 aromatic heterocycles. The molecular weight excluding hydrogens is 263 g/mol. The Hall–Kier alpha value is -1.45. The molecule has 0 saturated carbocycles. The highest BCUT2D eigenvalue weighted by Gasteiger charge is 2.06. The van der Waals surface area contributed by atoms with Crippen molar-refractivity contribution >= 4 is 11.6 Å². The number of pyridine rings is 1. The number of nitrogens with zero attached hydrogens (tertiary/aromatic N) is 1. The van der Waals surface area contributed by atoms with Gasteiger partial charge in [0.1, 0.15) is 5.82 Å². The van der Waals surface area contributed by atoms with Gasteiger partial charge in [0, 0.05) is 34.9 Å². The summed E-state index contributed by atoms with van der Waals surface area (Å²) in [5.74, 6) is -0.362. The maximum absolute atomic E-state index is 13.2. The SMILES string of the molecule is CC(C)NCc1ccc(-c2cncc(F)c2)c(Cl)c1. The summed E-state index contributed by atoms with van der Waals surface area (Å²) in [5.41, 5.74) is 2.59. The third-order valence-electron chi connectivity index (χ3n) is 2.76. The van der Waals surface area contributed by atoms with Crippen molar-refractivity contribution in [2.24, 2.45) is 0 Å². The smallest absolute Gasteiger partial charge is 0.142 e. The van der Waals surface area contributed by atoms with Gasteiger partial charge in [-0.25, -0.2) is 4.39 Å². The highest BCUT2D eigenvalue weighted by atomic mass is 35.5. The summed E-state index contributed by atoms with van der Waals surface area (Å²) in [6, 6.07) is 7.64. The molecule has 1 heterocycles. The number of halogens is 2. The minimum atomic E-state index is -0.362. The van der Waals surface area contributed by atoms with E-state index < -0.39 is 0 Å². The van der Waals surface area contributed by atoms with Crippen LogP contribution < -0.4 is 5.32 Å². The average molecular weight is 279 g/mol. The summed E-state index contributed by atoms with van der Waals surface area (Å²) in [7, 11) is 0. The maximum Gasteiger partial charge on any atom is 0.142 e. The van der Waals surface area contributed by atoms with Crippen molar-refractivity contribution in [2.75, 3.05) is 0 Å². The minimum absolute atomic E-state index is 0.362. The van der Waals surface area contributed by atoms with E-state index in [0.29, 0.717) is 16.6 Å². The van der Waals surface area contributed by atoms with Crippen LogP contribution in [-0.2, 0) is 6.54 Å². The zero-order chi connectivity index (χ0) is 13.8. The molecule has 0 aliphatic carbocycles. The molecule has 2 nitrogen and oxygen atoms in total. The van der Waals surface area contributed by atoms with Gasteiger partial charge in [-0.3, -0.25) is 4.98 Å². The van der Waals surface area contributed by atoms with Crippen molar-refractivity contribution in [3.05, 3.63) is 53.1 Å². The molecule has 0 aliphatic heterocycles. The zero-order valence-corrected chi connectivity index (χ0v) is 11.7. The lowest BCUT2D eigenvalue weighted by atomic mass is 10.1. The Balaban J connectivity index is 2.24. The Bertz CT molecular complexity index is 570. The lowest BCUT2D eigenvalue weighted by Crippen LogP contribution is -2.21. The number of hydrogen-bond donors (Lipinski definition) is 1. The Labute approximate surface area is 117 Å². The fourth-order valence-electron chi connectivity index (χ4n) is 1.78. The van der Waals surface area contributed by atoms with E-state index in [2.05, 4.69) is 24.1 Å². The van der Waals surface area contributed by atoms with E-state index in [1.165, 1.54) is 12.3 Å². The van der Waals surface area contributed by atoms with Gasteiger partial charge in [-0.15, -0.1) is 0 Å². The maximum atomic E-state index is 13.2. The van der Waals surface area contributed by atoms with Gasteiger partial charge in [-0.1, -0.05) is 37.6 Å². The summed E-state index contributed by atoms with van der Waals surface area (Å²) in [5, 5.41) is 3.93. The minimum Gasteiger partial charge on any atom is -0.310 e. The molecule has 2 rings (SSSR count). The highest BCUT2D eigenvalue weighted by Crippen LogP contribution is 2.28. The molecule has 2 aromatic rings. The second-order valence-electron chi connectivity index (χ2n) is 4.74. The van der Waals surface area contributed by atoms with Gasteiger partial charge < -0.3 is 5.32 Å². The number of aromatic nitrogens is 1. The molecule has 0 bridgehead atoms. The first kappa shape index (κ1) is 14.0. The first-order valence-electron chi connectivity index (χ1n) is 6.19. The molecule has 0 unspecified atom stereocenters. The molecule has 100 valence electrons. The number of hydrogen-bond acceptors (Lipinski definition) is 2. The first-order valence-corrected chi connectivity index (χ1v) is 6.57. The van der Waals surface area contributed by atoms with Crippen molar-refractivity contribution in [3.63, 3.8) is 0 Å². The lowest BCUT2D eigenvalue weighted by molar-refractivity contribution is 0.589. The third kappa shape index (κ3) is 3.75. The molecule has 4 heteroatoms. The molecule has 0 atom stereocenters. The predicted molar refractivity (Wildman–Crippen MR) is 76.6 cm³/mol. The first-order chi connectivity index (χ1) is 9.06. The summed E-state index contributed by atoms with van der Waals surface area (Å²) in [6.45, 7) is 4.95. The van der Waals surface area contributed by atoms with E-state index in [1.807, 2.05) is 18.2 Å². The normalized spacial score (nSPS) is 11.0. The standard InChI is InChI=1S/C15H16ClFN2/c1-10(2)19-7-11-3-4-14(15(16)5-11)12-6-13(17)9-18-8-12/h3-6,8-10,19H,7H2,1-2H3. The zero-order valence-electron chi connectivity index (χ0n) is 11.0. The predicted octanol–water partition coefficient (Wildman–Crippen LogP) is 4.04. The van der Waals surface area contributed by atoms with Crippen LogP contribution in [0.4, 0.5) is 4.39 Å². The van der Waals surface area contributed by atoms with Crippen LogP contribution in [0.3, 0.4) is 0 Å². The van der Waals surface area contributed by atoms with E-state index >= 15 is 0 Å². The monoisotopic (exact) mass is 278 g/mol. The molecule has 0 saturated heterocycles. The molecule has 0 spiro atoms. The molecule has 0 radical (unpaired) electrons. The van der Waals surface area contributed by atoms with Crippen LogP contribution in [0, 0.1) is 5.82 Å². The van der Waals surface area contributed by atoms with Gasteiger partial charge in [0.25, 0.3) is 0 Å². The van der Waals surface area contributed by atoms with E-state index in [9.17, 15) is 4.39 Å². The highest BCUT2D eigenvalue weighted by molar-refractivity contribution is 6.33. The van der Waals surface area contributed by atoms with Crippen LogP contribution in [0.5, 0.6) is 0 Å². The molecular formula is C15H16ClFN2. The Kier molecular flexibility index (Phi) is 4.51. The van der Waals surface area contributed by atoms with Crippen LogP contribution >= 0.6 is 11.6 Å². The Morgan fingerprint density at radius 1 is 1.26 bits per heavy atom. The van der Waals surface area contributed by atoms with Crippen molar-refractivity contribution in [3.8, 4) is 11.1 Å². The molecule has 0 amide bonds. The number of benzene rings is 1. The summed E-state index contributed by atoms with van der Waals surface area (Å²) in [6.07, 6.45) is 2.79. The second-order valence-corrected chi connectivity index (χ2v) is 5.15. The summed E-state index contributed by atoms with van der Waals surface area (Å²) < 4.78 is 13.2. The van der Waals surface area contributed by atoms with Crippen LogP contribution in [0.15, 0.2) is 36.7 Å². The fourth-order valence-corrected chi connectivity index (χ4v) is 2.10. The van der Waals surface area contributed by atoms with E-state index in [-0.39, 0.29) is 5.82 Å². The molecule has 0 fully saturated rings. The van der Waals surface area contributed by atoms with Gasteiger partial charge in [0.05, 0.1) is 6.20 Å². The van der Waals surface area contributed by atoms with E-state index in [4.69, 9.17) is 11.6 Å². The van der Waals surface area contributed by atoms with E-state index in [0.717, 1.165) is 17.7 Å². The van der Waals surface area contributed by atoms with Gasteiger partial charge in [-0.05, 0) is 17.7 Å². The van der Waals surface area contributed by atoms with Crippen molar-refractivity contribution in [2.45, 2.75) is 26.4 Å². The van der Waals surface area contributed by atoms with Crippen molar-refractivity contribution in [1.29, 1.82) is 0 Å². The lowest BCUT2D eigenvalue weighted by Gasteiger charge is -2.10.